The molecule has 6 heteroatoms. The van der Waals surface area contributed by atoms with E-state index in [2.05, 4.69) is 29.2 Å². The molecule has 0 aromatic carbocycles. The molecule has 0 saturated carbocycles. The molecule has 0 radical (unpaired) electrons. The first kappa shape index (κ1) is 18.9. The number of carbonyl (C=O) groups excluding carboxylic acids is 2. The molecule has 2 amide bonds. The Morgan fingerprint density at radius 1 is 1.15 bits per heavy atom. The van der Waals surface area contributed by atoms with Gasteiger partial charge >= 0.3 is 0 Å². The molecular weight excluding hydrogens is 358 g/mol. The second-order valence-electron chi connectivity index (χ2n) is 8.35. The van der Waals surface area contributed by atoms with Gasteiger partial charge in [-0.15, -0.1) is 11.3 Å². The number of likely N-dealkylation sites (N-methyl/N-ethyl adjacent to an activating group) is 1. The average molecular weight is 390 g/mol. The van der Waals surface area contributed by atoms with Crippen LogP contribution in [0.1, 0.15) is 59.8 Å². The molecule has 1 aromatic rings. The molecule has 0 unspecified atom stereocenters. The molecule has 0 bridgehead atoms. The van der Waals surface area contributed by atoms with Gasteiger partial charge in [-0.25, -0.2) is 0 Å². The highest BCUT2D eigenvalue weighted by Crippen LogP contribution is 2.35. The third-order valence-corrected chi connectivity index (χ3v) is 8.05. The lowest BCUT2D eigenvalue weighted by Crippen LogP contribution is -2.62. The Balaban J connectivity index is 1.54. The number of amides is 2. The first-order valence-corrected chi connectivity index (χ1v) is 11.3. The fourth-order valence-electron chi connectivity index (χ4n) is 5.04. The van der Waals surface area contributed by atoms with Gasteiger partial charge < -0.3 is 9.80 Å². The SMILES string of the molecule is CCN1CC[C@]2(CCC1=O)CN(C(=O)c1csc3c1CCCC3)CCN2C. The molecule has 3 aliphatic rings. The van der Waals surface area contributed by atoms with Gasteiger partial charge in [-0.2, -0.15) is 0 Å². The standard InChI is InChI=1S/C21H31N3O2S/c1-3-23-11-10-21(9-8-19(23)25)15-24(13-12-22(21)2)20(26)17-14-27-18-7-5-4-6-16(17)18/h14H,3-13,15H2,1-2H3/t21-/m1/s1. The van der Waals surface area contributed by atoms with E-state index in [0.29, 0.717) is 6.42 Å². The van der Waals surface area contributed by atoms with Crippen molar-refractivity contribution in [1.29, 1.82) is 0 Å². The monoisotopic (exact) mass is 389 g/mol. The van der Waals surface area contributed by atoms with Crippen LogP contribution in [0.4, 0.5) is 0 Å². The van der Waals surface area contributed by atoms with Crippen LogP contribution >= 0.6 is 11.3 Å². The number of carbonyl (C=O) groups is 2. The minimum Gasteiger partial charge on any atom is -0.343 e. The van der Waals surface area contributed by atoms with Crippen molar-refractivity contribution in [2.45, 2.75) is 57.4 Å². The van der Waals surface area contributed by atoms with Crippen LogP contribution < -0.4 is 0 Å². The van der Waals surface area contributed by atoms with E-state index in [1.54, 1.807) is 11.3 Å². The van der Waals surface area contributed by atoms with E-state index in [4.69, 9.17) is 0 Å². The van der Waals surface area contributed by atoms with Gasteiger partial charge in [0.2, 0.25) is 5.91 Å². The number of hydrogen-bond donors (Lipinski definition) is 0. The zero-order chi connectivity index (χ0) is 19.0. The Kier molecular flexibility index (Phi) is 5.30. The van der Waals surface area contributed by atoms with E-state index in [1.807, 2.05) is 4.90 Å². The van der Waals surface area contributed by atoms with Crippen LogP contribution in [-0.2, 0) is 17.6 Å². The fourth-order valence-corrected chi connectivity index (χ4v) is 6.16. The van der Waals surface area contributed by atoms with Gasteiger partial charge in [-0.05, 0) is 58.1 Å². The highest BCUT2D eigenvalue weighted by Gasteiger charge is 2.43. The van der Waals surface area contributed by atoms with Gasteiger partial charge in [-0.3, -0.25) is 14.5 Å². The molecule has 2 fully saturated rings. The molecule has 1 spiro atoms. The summed E-state index contributed by atoms with van der Waals surface area (Å²) in [6, 6.07) is 0. The van der Waals surface area contributed by atoms with E-state index in [1.165, 1.54) is 23.3 Å². The third kappa shape index (κ3) is 3.42. The van der Waals surface area contributed by atoms with E-state index in [-0.39, 0.29) is 17.4 Å². The predicted molar refractivity (Wildman–Crippen MR) is 108 cm³/mol. The lowest BCUT2D eigenvalue weighted by molar-refractivity contribution is -0.130. The Labute approximate surface area is 166 Å². The van der Waals surface area contributed by atoms with Crippen molar-refractivity contribution in [1.82, 2.24) is 14.7 Å². The van der Waals surface area contributed by atoms with Crippen LogP contribution in [0.3, 0.4) is 0 Å². The summed E-state index contributed by atoms with van der Waals surface area (Å²) in [7, 11) is 2.17. The third-order valence-electron chi connectivity index (χ3n) is 6.96. The number of hydrogen-bond acceptors (Lipinski definition) is 4. The molecule has 2 aliphatic heterocycles. The smallest absolute Gasteiger partial charge is 0.255 e. The lowest BCUT2D eigenvalue weighted by atomic mass is 9.86. The zero-order valence-electron chi connectivity index (χ0n) is 16.6. The minimum atomic E-state index is -0.0659. The maximum atomic E-state index is 13.4. The molecule has 148 valence electrons. The number of piperazine rings is 1. The van der Waals surface area contributed by atoms with Crippen LogP contribution in [0.15, 0.2) is 5.38 Å². The van der Waals surface area contributed by atoms with Crippen molar-refractivity contribution in [3.05, 3.63) is 21.4 Å². The maximum absolute atomic E-state index is 13.4. The summed E-state index contributed by atoms with van der Waals surface area (Å²) in [5.74, 6) is 0.475. The van der Waals surface area contributed by atoms with Crippen LogP contribution in [0.25, 0.3) is 0 Å². The molecule has 4 rings (SSSR count). The van der Waals surface area contributed by atoms with Gasteiger partial charge in [-0.1, -0.05) is 0 Å². The first-order valence-electron chi connectivity index (χ1n) is 10.4. The van der Waals surface area contributed by atoms with Crippen LogP contribution in [0, 0.1) is 0 Å². The Morgan fingerprint density at radius 3 is 2.78 bits per heavy atom. The number of likely N-dealkylation sites (tertiary alicyclic amines) is 1. The highest BCUT2D eigenvalue weighted by atomic mass is 32.1. The van der Waals surface area contributed by atoms with Gasteiger partial charge in [0, 0.05) is 54.9 Å². The van der Waals surface area contributed by atoms with Gasteiger partial charge in [0.15, 0.2) is 0 Å². The largest absolute Gasteiger partial charge is 0.343 e. The Hall–Kier alpha value is -1.40. The highest BCUT2D eigenvalue weighted by molar-refractivity contribution is 7.10. The molecule has 3 heterocycles. The summed E-state index contributed by atoms with van der Waals surface area (Å²) in [5, 5.41) is 2.10. The number of nitrogens with zero attached hydrogens (tertiary/aromatic N) is 3. The van der Waals surface area contributed by atoms with Crippen molar-refractivity contribution >= 4 is 23.2 Å². The van der Waals surface area contributed by atoms with Crippen LogP contribution in [0.5, 0.6) is 0 Å². The minimum absolute atomic E-state index is 0.0659. The van der Waals surface area contributed by atoms with E-state index < -0.39 is 0 Å². The second kappa shape index (κ2) is 7.55. The zero-order valence-corrected chi connectivity index (χ0v) is 17.4. The van der Waals surface area contributed by atoms with E-state index in [0.717, 1.165) is 64.0 Å². The number of rotatable bonds is 2. The van der Waals surface area contributed by atoms with Gasteiger partial charge in [0.05, 0.1) is 5.56 Å². The molecular formula is C21H31N3O2S. The van der Waals surface area contributed by atoms with Crippen molar-refractivity contribution < 1.29 is 9.59 Å². The summed E-state index contributed by atoms with van der Waals surface area (Å²) in [6.45, 7) is 6.05. The number of aryl methyl sites for hydroxylation is 1. The van der Waals surface area contributed by atoms with Crippen LogP contribution in [-0.4, -0.2) is 71.8 Å². The molecule has 1 aromatic heterocycles. The van der Waals surface area contributed by atoms with Gasteiger partial charge in [0.1, 0.15) is 0 Å². The summed E-state index contributed by atoms with van der Waals surface area (Å²) >= 11 is 1.77. The number of thiophene rings is 1. The van der Waals surface area contributed by atoms with Crippen molar-refractivity contribution in [3.8, 4) is 0 Å². The van der Waals surface area contributed by atoms with Crippen LogP contribution in [0.2, 0.25) is 0 Å². The summed E-state index contributed by atoms with van der Waals surface area (Å²) in [5.41, 5.74) is 2.20. The quantitative estimate of drug-likeness (QED) is 0.781. The van der Waals surface area contributed by atoms with Crippen molar-refractivity contribution in [2.24, 2.45) is 0 Å². The predicted octanol–water partition coefficient (Wildman–Crippen LogP) is 2.79. The molecule has 1 aliphatic carbocycles. The second-order valence-corrected chi connectivity index (χ2v) is 9.32. The van der Waals surface area contributed by atoms with Crippen molar-refractivity contribution in [3.63, 3.8) is 0 Å². The summed E-state index contributed by atoms with van der Waals surface area (Å²) in [6.07, 6.45) is 7.03. The van der Waals surface area contributed by atoms with E-state index in [9.17, 15) is 9.59 Å². The lowest BCUT2D eigenvalue weighted by Gasteiger charge is -2.49. The summed E-state index contributed by atoms with van der Waals surface area (Å²) in [4.78, 5) is 33.6. The first-order chi connectivity index (χ1) is 13.0. The Morgan fingerprint density at radius 2 is 1.96 bits per heavy atom. The van der Waals surface area contributed by atoms with Crippen molar-refractivity contribution in [2.75, 3.05) is 39.8 Å². The average Bonchev–Trinajstić information content (AvgIpc) is 3.05. The normalized spacial score (nSPS) is 27.0. The fraction of sp³-hybridized carbons (Fsp3) is 0.714. The van der Waals surface area contributed by atoms with E-state index >= 15 is 0 Å². The number of fused-ring (bicyclic) bond motifs is 1. The topological polar surface area (TPSA) is 43.9 Å². The van der Waals surface area contributed by atoms with Gasteiger partial charge in [0.25, 0.3) is 5.91 Å². The molecule has 0 N–H and O–H groups in total. The molecule has 5 nitrogen and oxygen atoms in total. The molecule has 2 saturated heterocycles. The molecule has 27 heavy (non-hydrogen) atoms. The molecule has 1 atom stereocenters. The Bertz CT molecular complexity index is 731. The maximum Gasteiger partial charge on any atom is 0.255 e. The summed E-state index contributed by atoms with van der Waals surface area (Å²) < 4.78 is 0.